The molecule has 0 unspecified atom stereocenters. The lowest BCUT2D eigenvalue weighted by Gasteiger charge is -2.32. The van der Waals surface area contributed by atoms with Gasteiger partial charge in [0, 0.05) is 60.9 Å². The van der Waals surface area contributed by atoms with Gasteiger partial charge in [0.1, 0.15) is 0 Å². The van der Waals surface area contributed by atoms with Crippen molar-refractivity contribution in [1.29, 1.82) is 0 Å². The molecule has 1 radical (unpaired) electrons. The quantitative estimate of drug-likeness (QED) is 0.662. The molecule has 2 aliphatic heterocycles. The number of aromatic nitrogens is 1. The number of likely N-dealkylation sites (tertiary alicyclic amines) is 1. The maximum absolute atomic E-state index is 13.5. The molecule has 1 aromatic heterocycles. The number of hydrogen-bond donors (Lipinski definition) is 0. The molecule has 5 rings (SSSR count). The van der Waals surface area contributed by atoms with Gasteiger partial charge in [-0.05, 0) is 35.9 Å². The Labute approximate surface area is 167 Å². The van der Waals surface area contributed by atoms with Crippen LogP contribution in [0.1, 0.15) is 34.3 Å². The zero-order chi connectivity index (χ0) is 20.0. The van der Waals surface area contributed by atoms with Gasteiger partial charge in [0.05, 0.1) is 12.1 Å². The third kappa shape index (κ3) is 3.27. The first-order chi connectivity index (χ1) is 14.0. The normalized spacial score (nSPS) is 19.0. The van der Waals surface area contributed by atoms with Crippen LogP contribution in [0.3, 0.4) is 0 Å². The van der Waals surface area contributed by atoms with Crippen molar-refractivity contribution in [3.05, 3.63) is 71.4 Å². The van der Waals surface area contributed by atoms with Crippen LogP contribution in [-0.4, -0.2) is 34.8 Å². The number of anilines is 1. The maximum Gasteiger partial charge on any atom is 0.259 e. The largest absolute Gasteiger partial charge is 0.304 e. The number of rotatable bonds is 3. The Morgan fingerprint density at radius 1 is 1.17 bits per heavy atom. The number of nitrogens with zero attached hydrogens (tertiary/aromatic N) is 3. The zero-order valence-electron chi connectivity index (χ0n) is 15.9. The van der Waals surface area contributed by atoms with Crippen molar-refractivity contribution in [2.45, 2.75) is 31.9 Å². The summed E-state index contributed by atoms with van der Waals surface area (Å²) in [5, 5.41) is 0.984. The monoisotopic (exact) mass is 392 g/mol. The molecule has 0 bridgehead atoms. The minimum atomic E-state index is -2.57. The predicted molar refractivity (Wildman–Crippen MR) is 107 cm³/mol. The summed E-state index contributed by atoms with van der Waals surface area (Å²) >= 11 is 0. The van der Waals surface area contributed by atoms with Gasteiger partial charge in [-0.15, -0.1) is 0 Å². The van der Waals surface area contributed by atoms with Crippen molar-refractivity contribution >= 4 is 22.5 Å². The molecule has 0 spiro atoms. The van der Waals surface area contributed by atoms with E-state index < -0.39 is 5.92 Å². The maximum atomic E-state index is 13.5. The summed E-state index contributed by atoms with van der Waals surface area (Å²) in [5.41, 5.74) is 4.16. The first-order valence-electron chi connectivity index (χ1n) is 9.79. The summed E-state index contributed by atoms with van der Waals surface area (Å²) < 4.78 is 27.0. The van der Waals surface area contributed by atoms with E-state index in [2.05, 4.69) is 11.1 Å². The first-order valence-corrected chi connectivity index (χ1v) is 9.79. The molecule has 2 aromatic carbocycles. The molecule has 1 saturated heterocycles. The molecule has 6 heteroatoms. The highest BCUT2D eigenvalue weighted by Crippen LogP contribution is 2.35. The van der Waals surface area contributed by atoms with E-state index >= 15 is 0 Å². The molecule has 0 saturated carbocycles. The van der Waals surface area contributed by atoms with Crippen LogP contribution >= 0.6 is 0 Å². The highest BCUT2D eigenvalue weighted by atomic mass is 19.3. The van der Waals surface area contributed by atoms with Crippen molar-refractivity contribution in [1.82, 2.24) is 9.88 Å². The molecule has 0 atom stereocenters. The number of alkyl halides is 2. The number of hydrogen-bond acceptors (Lipinski definition) is 3. The lowest BCUT2D eigenvalue weighted by Crippen LogP contribution is -2.38. The van der Waals surface area contributed by atoms with Crippen molar-refractivity contribution in [2.75, 3.05) is 18.0 Å². The van der Waals surface area contributed by atoms with Gasteiger partial charge >= 0.3 is 0 Å². The molecular formula is C23H20F2N3O. The van der Waals surface area contributed by atoms with Crippen molar-refractivity contribution in [2.24, 2.45) is 0 Å². The number of carbonyl (C=O) groups excluding carboxylic acids is 1. The summed E-state index contributed by atoms with van der Waals surface area (Å²) in [6.45, 7) is 1.71. The van der Waals surface area contributed by atoms with E-state index in [0.29, 0.717) is 31.7 Å². The van der Waals surface area contributed by atoms with Gasteiger partial charge < -0.3 is 4.90 Å². The third-order valence-electron chi connectivity index (χ3n) is 5.86. The number of piperidine rings is 1. The number of fused-ring (bicyclic) bond motifs is 3. The van der Waals surface area contributed by atoms with Gasteiger partial charge in [0.15, 0.2) is 0 Å². The summed E-state index contributed by atoms with van der Waals surface area (Å²) in [7, 11) is 0. The SMILES string of the molecule is O=C1c2cc(CN3CCC(F)(F)CC3)c3cccnc3c2CN1c1c[c]ccc1. The van der Waals surface area contributed by atoms with Crippen molar-refractivity contribution < 1.29 is 13.6 Å². The number of benzene rings is 2. The third-order valence-corrected chi connectivity index (χ3v) is 5.86. The molecule has 4 nitrogen and oxygen atoms in total. The lowest BCUT2D eigenvalue weighted by atomic mass is 9.98. The highest BCUT2D eigenvalue weighted by Gasteiger charge is 2.35. The van der Waals surface area contributed by atoms with Gasteiger partial charge in [-0.25, -0.2) is 8.78 Å². The fourth-order valence-corrected chi connectivity index (χ4v) is 4.27. The van der Waals surface area contributed by atoms with Crippen LogP contribution < -0.4 is 4.90 Å². The standard InChI is InChI=1S/C23H20F2N3O/c24-23(25)8-11-27(12-9-23)14-16-13-19-20(21-18(16)7-4-10-26-21)15-28(22(19)29)17-5-2-1-3-6-17/h1-2,4-7,10,13H,8-9,11-12,14-15H2. The fourth-order valence-electron chi connectivity index (χ4n) is 4.27. The number of pyridine rings is 1. The zero-order valence-corrected chi connectivity index (χ0v) is 15.9. The molecule has 0 N–H and O–H groups in total. The molecule has 1 amide bonds. The van der Waals surface area contributed by atoms with Crippen LogP contribution in [0.4, 0.5) is 14.5 Å². The second-order valence-electron chi connectivity index (χ2n) is 7.75. The van der Waals surface area contributed by atoms with Crippen LogP contribution in [0, 0.1) is 6.07 Å². The van der Waals surface area contributed by atoms with E-state index in [1.165, 1.54) is 0 Å². The summed E-state index contributed by atoms with van der Waals surface area (Å²) in [6, 6.07) is 16.2. The van der Waals surface area contributed by atoms with E-state index in [0.717, 1.165) is 27.7 Å². The average Bonchev–Trinajstić information content (AvgIpc) is 3.07. The van der Waals surface area contributed by atoms with Crippen molar-refractivity contribution in [3.8, 4) is 0 Å². The predicted octanol–water partition coefficient (Wildman–Crippen LogP) is 4.43. The van der Waals surface area contributed by atoms with Crippen LogP contribution in [0.25, 0.3) is 10.9 Å². The van der Waals surface area contributed by atoms with E-state index in [1.54, 1.807) is 23.2 Å². The smallest absolute Gasteiger partial charge is 0.259 e. The number of amides is 1. The second kappa shape index (κ2) is 6.88. The van der Waals surface area contributed by atoms with Crippen LogP contribution in [0.15, 0.2) is 48.7 Å². The van der Waals surface area contributed by atoms with Gasteiger partial charge in [0.2, 0.25) is 0 Å². The van der Waals surface area contributed by atoms with E-state index in [9.17, 15) is 13.6 Å². The molecule has 29 heavy (non-hydrogen) atoms. The lowest BCUT2D eigenvalue weighted by molar-refractivity contribution is -0.0565. The van der Waals surface area contributed by atoms with Gasteiger partial charge in [-0.3, -0.25) is 14.7 Å². The Hall–Kier alpha value is -2.86. The minimum absolute atomic E-state index is 0.0569. The highest BCUT2D eigenvalue weighted by molar-refractivity contribution is 6.13. The molecule has 3 heterocycles. The Morgan fingerprint density at radius 2 is 2.00 bits per heavy atom. The first kappa shape index (κ1) is 18.2. The molecular weight excluding hydrogens is 372 g/mol. The number of halogens is 2. The topological polar surface area (TPSA) is 36.4 Å². The summed E-state index contributed by atoms with van der Waals surface area (Å²) in [6.07, 6.45) is 1.49. The Balaban J connectivity index is 1.52. The van der Waals surface area contributed by atoms with E-state index in [-0.39, 0.29) is 18.7 Å². The Morgan fingerprint density at radius 3 is 2.76 bits per heavy atom. The Kier molecular flexibility index (Phi) is 4.32. The van der Waals surface area contributed by atoms with E-state index in [1.807, 2.05) is 35.2 Å². The van der Waals surface area contributed by atoms with Crippen LogP contribution in [-0.2, 0) is 13.1 Å². The average molecular weight is 392 g/mol. The van der Waals surface area contributed by atoms with E-state index in [4.69, 9.17) is 0 Å². The van der Waals surface area contributed by atoms with Gasteiger partial charge in [-0.2, -0.15) is 0 Å². The molecule has 147 valence electrons. The molecule has 0 aliphatic carbocycles. The molecule has 1 fully saturated rings. The second-order valence-corrected chi connectivity index (χ2v) is 7.75. The Bertz CT molecular complexity index is 1070. The van der Waals surface area contributed by atoms with Gasteiger partial charge in [-0.1, -0.05) is 18.2 Å². The number of carbonyl (C=O) groups is 1. The van der Waals surface area contributed by atoms with Crippen LogP contribution in [0.5, 0.6) is 0 Å². The van der Waals surface area contributed by atoms with Gasteiger partial charge in [0.25, 0.3) is 11.8 Å². The molecule has 3 aromatic rings. The summed E-state index contributed by atoms with van der Waals surface area (Å²) in [4.78, 5) is 21.5. The van der Waals surface area contributed by atoms with Crippen LogP contribution in [0.2, 0.25) is 0 Å². The summed E-state index contributed by atoms with van der Waals surface area (Å²) in [5.74, 6) is -2.63. The van der Waals surface area contributed by atoms with Crippen molar-refractivity contribution in [3.63, 3.8) is 0 Å². The fraction of sp³-hybridized carbons (Fsp3) is 0.304. The minimum Gasteiger partial charge on any atom is -0.304 e. The molecule has 2 aliphatic rings.